The Kier molecular flexibility index (Phi) is 5.38. The van der Waals surface area contributed by atoms with Gasteiger partial charge in [0.2, 0.25) is 0 Å². The van der Waals surface area contributed by atoms with Gasteiger partial charge in [0, 0.05) is 12.1 Å². The first-order valence-electron chi connectivity index (χ1n) is 7.81. The lowest BCUT2D eigenvalue weighted by molar-refractivity contribution is -0.115. The van der Waals surface area contributed by atoms with E-state index < -0.39 is 5.91 Å². The number of carbonyl (C=O) groups excluding carboxylic acids is 3. The molecule has 7 heteroatoms. The minimum absolute atomic E-state index is 0.191. The van der Waals surface area contributed by atoms with E-state index in [1.165, 1.54) is 0 Å². The zero-order valence-corrected chi connectivity index (χ0v) is 14.8. The second-order valence-corrected chi connectivity index (χ2v) is 6.52. The topological polar surface area (TPSA) is 84.5 Å². The van der Waals surface area contributed by atoms with Crippen molar-refractivity contribution in [3.05, 3.63) is 70.1 Å². The highest BCUT2D eigenvalue weighted by Crippen LogP contribution is 2.25. The van der Waals surface area contributed by atoms with Gasteiger partial charge in [0.05, 0.1) is 12.0 Å². The summed E-state index contributed by atoms with van der Waals surface area (Å²) in [4.78, 5) is 35.3. The Morgan fingerprint density at radius 3 is 2.38 bits per heavy atom. The van der Waals surface area contributed by atoms with E-state index in [0.717, 1.165) is 28.6 Å². The molecule has 2 aromatic rings. The van der Waals surface area contributed by atoms with E-state index in [-0.39, 0.29) is 11.1 Å². The number of ether oxygens (including phenoxy) is 1. The standard InChI is InChI=1S/C19H16N2O4S/c1-25-15-8-4-13(5-9-15)11-20-17(22)14-6-2-12(3-7-14)10-16-18(23)21-19(24)26-16/h2-10H,11H2,1H3,(H,20,22)(H,21,23,24)/b16-10-. The van der Waals surface area contributed by atoms with Crippen LogP contribution in [0.5, 0.6) is 5.75 Å². The lowest BCUT2D eigenvalue weighted by Gasteiger charge is -2.07. The van der Waals surface area contributed by atoms with Gasteiger partial charge in [-0.05, 0) is 53.2 Å². The molecule has 0 bridgehead atoms. The second kappa shape index (κ2) is 7.88. The summed E-state index contributed by atoms with van der Waals surface area (Å²) in [6.45, 7) is 0.410. The van der Waals surface area contributed by atoms with Gasteiger partial charge in [-0.2, -0.15) is 0 Å². The monoisotopic (exact) mass is 368 g/mol. The number of benzene rings is 2. The molecule has 1 aliphatic rings. The Bertz CT molecular complexity index is 873. The maximum atomic E-state index is 12.2. The van der Waals surface area contributed by atoms with Crippen LogP contribution >= 0.6 is 11.8 Å². The number of hydrogen-bond acceptors (Lipinski definition) is 5. The summed E-state index contributed by atoms with van der Waals surface area (Å²) in [5.41, 5.74) is 2.22. The average Bonchev–Trinajstić information content (AvgIpc) is 2.97. The van der Waals surface area contributed by atoms with Crippen molar-refractivity contribution in [2.45, 2.75) is 6.54 Å². The SMILES string of the molecule is COc1ccc(CNC(=O)c2ccc(/C=C3\SC(=O)NC3=O)cc2)cc1. The molecule has 0 saturated carbocycles. The third-order valence-corrected chi connectivity index (χ3v) is 4.54. The highest BCUT2D eigenvalue weighted by molar-refractivity contribution is 8.18. The van der Waals surface area contributed by atoms with Gasteiger partial charge in [-0.1, -0.05) is 24.3 Å². The fourth-order valence-electron chi connectivity index (χ4n) is 2.33. The molecule has 2 N–H and O–H groups in total. The molecule has 0 radical (unpaired) electrons. The van der Waals surface area contributed by atoms with Crippen LogP contribution in [0.2, 0.25) is 0 Å². The smallest absolute Gasteiger partial charge is 0.290 e. The molecule has 0 unspecified atom stereocenters. The van der Waals surface area contributed by atoms with Gasteiger partial charge in [-0.15, -0.1) is 0 Å². The number of hydrogen-bond donors (Lipinski definition) is 2. The largest absolute Gasteiger partial charge is 0.497 e. The summed E-state index contributed by atoms with van der Waals surface area (Å²) in [6, 6.07) is 14.3. The van der Waals surface area contributed by atoms with Crippen molar-refractivity contribution in [3.63, 3.8) is 0 Å². The number of imide groups is 1. The lowest BCUT2D eigenvalue weighted by atomic mass is 10.1. The molecule has 3 amide bonds. The fraction of sp³-hybridized carbons (Fsp3) is 0.105. The number of thioether (sulfide) groups is 1. The van der Waals surface area contributed by atoms with Crippen molar-refractivity contribution in [1.29, 1.82) is 0 Å². The number of amides is 3. The van der Waals surface area contributed by atoms with E-state index >= 15 is 0 Å². The molecule has 6 nitrogen and oxygen atoms in total. The number of rotatable bonds is 5. The van der Waals surface area contributed by atoms with E-state index in [9.17, 15) is 14.4 Å². The van der Waals surface area contributed by atoms with Crippen molar-refractivity contribution in [3.8, 4) is 5.75 Å². The summed E-state index contributed by atoms with van der Waals surface area (Å²) in [5, 5.41) is 4.67. The van der Waals surface area contributed by atoms with Crippen molar-refractivity contribution in [1.82, 2.24) is 10.6 Å². The second-order valence-electron chi connectivity index (χ2n) is 5.50. The first kappa shape index (κ1) is 17.8. The van der Waals surface area contributed by atoms with Gasteiger partial charge in [0.25, 0.3) is 17.1 Å². The van der Waals surface area contributed by atoms with Crippen LogP contribution in [0, 0.1) is 0 Å². The third-order valence-electron chi connectivity index (χ3n) is 3.72. The molecule has 1 aliphatic heterocycles. The summed E-state index contributed by atoms with van der Waals surface area (Å²) >= 11 is 0.861. The molecular weight excluding hydrogens is 352 g/mol. The van der Waals surface area contributed by atoms with Gasteiger partial charge < -0.3 is 10.1 Å². The molecule has 0 aliphatic carbocycles. The Morgan fingerprint density at radius 1 is 1.12 bits per heavy atom. The lowest BCUT2D eigenvalue weighted by Crippen LogP contribution is -2.22. The van der Waals surface area contributed by atoms with E-state index in [0.29, 0.717) is 17.0 Å². The van der Waals surface area contributed by atoms with Crippen LogP contribution in [0.15, 0.2) is 53.4 Å². The number of carbonyl (C=O) groups is 3. The number of methoxy groups -OCH3 is 1. The molecule has 1 heterocycles. The summed E-state index contributed by atoms with van der Waals surface area (Å²) in [6.07, 6.45) is 1.62. The molecule has 2 aromatic carbocycles. The van der Waals surface area contributed by atoms with Gasteiger partial charge in [0.15, 0.2) is 0 Å². The third kappa shape index (κ3) is 4.31. The van der Waals surface area contributed by atoms with Gasteiger partial charge in [-0.25, -0.2) is 0 Å². The van der Waals surface area contributed by atoms with Gasteiger partial charge in [0.1, 0.15) is 5.75 Å². The Hall–Kier alpha value is -3.06. The fourth-order valence-corrected chi connectivity index (χ4v) is 3.01. The van der Waals surface area contributed by atoms with Crippen molar-refractivity contribution >= 4 is 34.9 Å². The number of nitrogens with one attached hydrogen (secondary N) is 2. The van der Waals surface area contributed by atoms with Crippen molar-refractivity contribution < 1.29 is 19.1 Å². The molecule has 0 aromatic heterocycles. The highest BCUT2D eigenvalue weighted by atomic mass is 32.2. The molecule has 1 saturated heterocycles. The molecule has 0 spiro atoms. The predicted octanol–water partition coefficient (Wildman–Crippen LogP) is 2.95. The molecular formula is C19H16N2O4S. The molecule has 132 valence electrons. The van der Waals surface area contributed by atoms with Crippen LogP contribution < -0.4 is 15.4 Å². The molecule has 1 fully saturated rings. The summed E-state index contributed by atoms with van der Waals surface area (Å²) < 4.78 is 5.10. The zero-order valence-electron chi connectivity index (χ0n) is 13.9. The normalized spacial score (nSPS) is 15.0. The summed E-state index contributed by atoms with van der Waals surface area (Å²) in [5.74, 6) is 0.171. The van der Waals surface area contributed by atoms with E-state index in [1.807, 2.05) is 24.3 Å². The Balaban J connectivity index is 1.60. The van der Waals surface area contributed by atoms with Crippen LogP contribution in [0.3, 0.4) is 0 Å². The highest BCUT2D eigenvalue weighted by Gasteiger charge is 2.24. The van der Waals surface area contributed by atoms with Crippen LogP contribution in [0.25, 0.3) is 6.08 Å². The summed E-state index contributed by atoms with van der Waals surface area (Å²) in [7, 11) is 1.60. The maximum absolute atomic E-state index is 12.2. The van der Waals surface area contributed by atoms with Gasteiger partial charge in [-0.3, -0.25) is 19.7 Å². The molecule has 26 heavy (non-hydrogen) atoms. The van der Waals surface area contributed by atoms with E-state index in [4.69, 9.17) is 4.74 Å². The van der Waals surface area contributed by atoms with Gasteiger partial charge >= 0.3 is 0 Å². The van der Waals surface area contributed by atoms with E-state index in [1.54, 1.807) is 37.5 Å². The quantitative estimate of drug-likeness (QED) is 0.793. The average molecular weight is 368 g/mol. The molecule has 0 atom stereocenters. The van der Waals surface area contributed by atoms with Crippen LogP contribution in [0.4, 0.5) is 4.79 Å². The zero-order chi connectivity index (χ0) is 18.5. The first-order chi connectivity index (χ1) is 12.5. The van der Waals surface area contributed by atoms with Crippen LogP contribution in [0.1, 0.15) is 21.5 Å². The first-order valence-corrected chi connectivity index (χ1v) is 8.63. The molecule has 3 rings (SSSR count). The minimum Gasteiger partial charge on any atom is -0.497 e. The maximum Gasteiger partial charge on any atom is 0.290 e. The van der Waals surface area contributed by atoms with Crippen LogP contribution in [-0.2, 0) is 11.3 Å². The Morgan fingerprint density at radius 2 is 1.81 bits per heavy atom. The van der Waals surface area contributed by atoms with Crippen LogP contribution in [-0.4, -0.2) is 24.2 Å². The van der Waals surface area contributed by atoms with E-state index in [2.05, 4.69) is 10.6 Å². The minimum atomic E-state index is -0.402. The predicted molar refractivity (Wildman–Crippen MR) is 99.7 cm³/mol. The van der Waals surface area contributed by atoms with Crippen molar-refractivity contribution in [2.24, 2.45) is 0 Å². The Labute approximate surface area is 154 Å². The van der Waals surface area contributed by atoms with Crippen molar-refractivity contribution in [2.75, 3.05) is 7.11 Å².